The first kappa shape index (κ1) is 9.92. The van der Waals surface area contributed by atoms with Crippen molar-refractivity contribution in [1.82, 2.24) is 4.90 Å². The predicted octanol–water partition coefficient (Wildman–Crippen LogP) is -0.629. The average molecular weight is 174 g/mol. The number of ether oxygens (including phenoxy) is 1. The molecule has 4 nitrogen and oxygen atoms in total. The van der Waals surface area contributed by atoms with Gasteiger partial charge in [-0.15, -0.1) is 0 Å². The van der Waals surface area contributed by atoms with Crippen molar-refractivity contribution in [2.75, 3.05) is 14.1 Å². The van der Waals surface area contributed by atoms with Gasteiger partial charge in [-0.25, -0.2) is 0 Å². The lowest BCUT2D eigenvalue weighted by molar-refractivity contribution is -0.139. The zero-order chi connectivity index (χ0) is 9.30. The van der Waals surface area contributed by atoms with Crippen LogP contribution in [0.4, 0.5) is 0 Å². The van der Waals surface area contributed by atoms with E-state index in [9.17, 15) is 5.11 Å². The molecule has 3 N–H and O–H groups in total. The van der Waals surface area contributed by atoms with Gasteiger partial charge >= 0.3 is 0 Å². The van der Waals surface area contributed by atoms with Crippen molar-refractivity contribution < 1.29 is 9.84 Å². The summed E-state index contributed by atoms with van der Waals surface area (Å²) >= 11 is 0. The van der Waals surface area contributed by atoms with Gasteiger partial charge in [0.15, 0.2) is 0 Å². The highest BCUT2D eigenvalue weighted by molar-refractivity contribution is 4.85. The van der Waals surface area contributed by atoms with Crippen LogP contribution in [-0.4, -0.2) is 48.6 Å². The van der Waals surface area contributed by atoms with Crippen LogP contribution in [0.5, 0.6) is 0 Å². The number of aliphatic hydroxyl groups is 1. The van der Waals surface area contributed by atoms with Gasteiger partial charge in [0.25, 0.3) is 0 Å². The number of nitrogens with zero attached hydrogens (tertiary/aromatic N) is 1. The molecule has 4 atom stereocenters. The molecule has 12 heavy (non-hydrogen) atoms. The Bertz CT molecular complexity index is 152. The monoisotopic (exact) mass is 174 g/mol. The van der Waals surface area contributed by atoms with Crippen LogP contribution in [0.25, 0.3) is 0 Å². The van der Waals surface area contributed by atoms with Crippen LogP contribution >= 0.6 is 0 Å². The van der Waals surface area contributed by atoms with Crippen LogP contribution in [0.2, 0.25) is 0 Å². The van der Waals surface area contributed by atoms with Crippen LogP contribution in [-0.2, 0) is 4.74 Å². The molecule has 0 aromatic heterocycles. The standard InChI is InChI=1S/C8H18N2O2/c1-5-4-6(10(2)3)7(11)8(9)12-5/h5-8,11H,4,9H2,1-3H3/t5-,6+,7-,8?/m1/s1. The van der Waals surface area contributed by atoms with Crippen molar-refractivity contribution in [3.63, 3.8) is 0 Å². The third kappa shape index (κ3) is 1.95. The van der Waals surface area contributed by atoms with Crippen LogP contribution < -0.4 is 5.73 Å². The molecule has 1 unspecified atom stereocenters. The zero-order valence-electron chi connectivity index (χ0n) is 7.90. The molecule has 0 amide bonds. The largest absolute Gasteiger partial charge is 0.387 e. The minimum atomic E-state index is -0.573. The Morgan fingerprint density at radius 2 is 2.08 bits per heavy atom. The molecule has 1 fully saturated rings. The second-order valence-electron chi connectivity index (χ2n) is 3.67. The SMILES string of the molecule is C[C@@H]1C[C@H](N(C)C)[C@@H](O)C(N)O1. The lowest BCUT2D eigenvalue weighted by atomic mass is 9.99. The molecule has 0 saturated carbocycles. The molecule has 72 valence electrons. The number of rotatable bonds is 1. The van der Waals surface area contributed by atoms with Gasteiger partial charge in [0.2, 0.25) is 0 Å². The molecule has 4 heteroatoms. The van der Waals surface area contributed by atoms with Crippen molar-refractivity contribution in [2.24, 2.45) is 5.73 Å². The first-order chi connectivity index (χ1) is 5.52. The molecule has 1 aliphatic rings. The van der Waals surface area contributed by atoms with Crippen molar-refractivity contribution in [1.29, 1.82) is 0 Å². The number of hydrogen-bond acceptors (Lipinski definition) is 4. The fourth-order valence-electron chi connectivity index (χ4n) is 1.62. The highest BCUT2D eigenvalue weighted by Gasteiger charge is 2.34. The van der Waals surface area contributed by atoms with Gasteiger partial charge in [0.1, 0.15) is 12.3 Å². The molecule has 0 spiro atoms. The molecule has 0 aliphatic carbocycles. The lowest BCUT2D eigenvalue weighted by Crippen LogP contribution is -2.56. The second kappa shape index (κ2) is 3.70. The van der Waals surface area contributed by atoms with Crippen LogP contribution in [0.15, 0.2) is 0 Å². The maximum absolute atomic E-state index is 9.63. The Kier molecular flexibility index (Phi) is 3.06. The second-order valence-corrected chi connectivity index (χ2v) is 3.67. The molecule has 0 aromatic rings. The van der Waals surface area contributed by atoms with Crippen molar-refractivity contribution in [3.05, 3.63) is 0 Å². The summed E-state index contributed by atoms with van der Waals surface area (Å²) < 4.78 is 5.28. The quantitative estimate of drug-likeness (QED) is 0.556. The van der Waals surface area contributed by atoms with E-state index in [1.165, 1.54) is 0 Å². The topological polar surface area (TPSA) is 58.7 Å². The summed E-state index contributed by atoms with van der Waals surface area (Å²) in [6.45, 7) is 1.97. The predicted molar refractivity (Wildman–Crippen MR) is 46.6 cm³/mol. The number of likely N-dealkylation sites (N-methyl/N-ethyl adjacent to an activating group) is 1. The maximum atomic E-state index is 9.63. The van der Waals surface area contributed by atoms with E-state index in [1.54, 1.807) is 0 Å². The van der Waals surface area contributed by atoms with E-state index in [0.717, 1.165) is 6.42 Å². The molecule has 1 saturated heterocycles. The highest BCUT2D eigenvalue weighted by atomic mass is 16.5. The highest BCUT2D eigenvalue weighted by Crippen LogP contribution is 2.20. The number of hydrogen-bond donors (Lipinski definition) is 2. The summed E-state index contributed by atoms with van der Waals surface area (Å²) in [6, 6.07) is 0.115. The molecular formula is C8H18N2O2. The molecule has 1 rings (SSSR count). The van der Waals surface area contributed by atoms with E-state index in [4.69, 9.17) is 10.5 Å². The van der Waals surface area contributed by atoms with E-state index < -0.39 is 12.3 Å². The van der Waals surface area contributed by atoms with Crippen molar-refractivity contribution >= 4 is 0 Å². The number of nitrogens with two attached hydrogens (primary N) is 1. The molecule has 1 heterocycles. The molecule has 0 bridgehead atoms. The van der Waals surface area contributed by atoms with Gasteiger partial charge in [-0.05, 0) is 27.4 Å². The van der Waals surface area contributed by atoms with Crippen molar-refractivity contribution in [2.45, 2.75) is 37.8 Å². The third-order valence-electron chi connectivity index (χ3n) is 2.36. The van der Waals surface area contributed by atoms with Gasteiger partial charge in [0, 0.05) is 6.04 Å². The molecular weight excluding hydrogens is 156 g/mol. The smallest absolute Gasteiger partial charge is 0.133 e. The summed E-state index contributed by atoms with van der Waals surface area (Å²) in [6.07, 6.45) is -0.143. The average Bonchev–Trinajstić information content (AvgIpc) is 1.96. The van der Waals surface area contributed by atoms with E-state index in [2.05, 4.69) is 0 Å². The van der Waals surface area contributed by atoms with Gasteiger partial charge in [0.05, 0.1) is 6.10 Å². The summed E-state index contributed by atoms with van der Waals surface area (Å²) in [5.74, 6) is 0. The third-order valence-corrected chi connectivity index (χ3v) is 2.36. The Hall–Kier alpha value is -0.160. The zero-order valence-corrected chi connectivity index (χ0v) is 7.90. The molecule has 1 aliphatic heterocycles. The summed E-state index contributed by atoms with van der Waals surface area (Å²) in [7, 11) is 3.89. The van der Waals surface area contributed by atoms with E-state index >= 15 is 0 Å². The molecule has 0 radical (unpaired) electrons. The van der Waals surface area contributed by atoms with Crippen LogP contribution in [0.3, 0.4) is 0 Å². The van der Waals surface area contributed by atoms with Gasteiger partial charge < -0.3 is 20.5 Å². The molecule has 0 aromatic carbocycles. The Morgan fingerprint density at radius 1 is 1.50 bits per heavy atom. The van der Waals surface area contributed by atoms with Gasteiger partial charge in [-0.1, -0.05) is 0 Å². The minimum Gasteiger partial charge on any atom is -0.387 e. The number of aliphatic hydroxyl groups excluding tert-OH is 1. The van der Waals surface area contributed by atoms with Gasteiger partial charge in [-0.3, -0.25) is 0 Å². The normalized spacial score (nSPS) is 43.5. The fraction of sp³-hybridized carbons (Fsp3) is 1.00. The first-order valence-electron chi connectivity index (χ1n) is 4.28. The Morgan fingerprint density at radius 3 is 2.58 bits per heavy atom. The maximum Gasteiger partial charge on any atom is 0.133 e. The van der Waals surface area contributed by atoms with E-state index in [-0.39, 0.29) is 12.1 Å². The summed E-state index contributed by atoms with van der Waals surface area (Å²) in [5.41, 5.74) is 5.60. The van der Waals surface area contributed by atoms with Crippen LogP contribution in [0, 0.1) is 0 Å². The van der Waals surface area contributed by atoms with E-state index in [0.29, 0.717) is 0 Å². The fourth-order valence-corrected chi connectivity index (χ4v) is 1.62. The van der Waals surface area contributed by atoms with E-state index in [1.807, 2.05) is 25.9 Å². The minimum absolute atomic E-state index is 0.115. The Labute approximate surface area is 73.3 Å². The Balaban J connectivity index is 2.60. The first-order valence-corrected chi connectivity index (χ1v) is 4.28. The van der Waals surface area contributed by atoms with Gasteiger partial charge in [-0.2, -0.15) is 0 Å². The summed E-state index contributed by atoms with van der Waals surface area (Å²) in [5, 5.41) is 9.63. The summed E-state index contributed by atoms with van der Waals surface area (Å²) in [4.78, 5) is 1.99. The van der Waals surface area contributed by atoms with Crippen LogP contribution in [0.1, 0.15) is 13.3 Å². The lowest BCUT2D eigenvalue weighted by Gasteiger charge is -2.39. The van der Waals surface area contributed by atoms with Crippen molar-refractivity contribution in [3.8, 4) is 0 Å².